The van der Waals surface area contributed by atoms with Crippen LogP contribution in [0.15, 0.2) is 35.7 Å². The van der Waals surface area contributed by atoms with Gasteiger partial charge in [-0.3, -0.25) is 9.59 Å². The third kappa shape index (κ3) is 4.79. The Morgan fingerprint density at radius 3 is 2.19 bits per heavy atom. The fourth-order valence-corrected chi connectivity index (χ4v) is 2.93. The minimum absolute atomic E-state index is 0.106. The van der Waals surface area contributed by atoms with Gasteiger partial charge in [-0.2, -0.15) is 0 Å². The zero-order chi connectivity index (χ0) is 19.5. The average molecular weight is 373 g/mol. The predicted octanol–water partition coefficient (Wildman–Crippen LogP) is 4.47. The van der Waals surface area contributed by atoms with Gasteiger partial charge in [-0.25, -0.2) is 4.79 Å². The smallest absolute Gasteiger partial charge is 0.349 e. The highest BCUT2D eigenvalue weighted by Crippen LogP contribution is 2.20. The second-order valence-electron chi connectivity index (χ2n) is 7.13. The first kappa shape index (κ1) is 19.8. The predicted molar refractivity (Wildman–Crippen MR) is 103 cm³/mol. The number of ketones is 1. The molecule has 0 spiro atoms. The summed E-state index contributed by atoms with van der Waals surface area (Å²) in [4.78, 5) is 37.1. The molecule has 6 heteroatoms. The number of ether oxygens (including phenoxy) is 1. The van der Waals surface area contributed by atoms with E-state index in [1.54, 1.807) is 31.2 Å². The summed E-state index contributed by atoms with van der Waals surface area (Å²) in [5.74, 6) is -0.890. The highest BCUT2D eigenvalue weighted by atomic mass is 32.1. The van der Waals surface area contributed by atoms with E-state index in [4.69, 9.17) is 4.74 Å². The number of aryl methyl sites for hydroxylation is 1. The number of rotatable bonds is 5. The Morgan fingerprint density at radius 2 is 1.69 bits per heavy atom. The van der Waals surface area contributed by atoms with Crippen LogP contribution in [0.1, 0.15) is 53.3 Å². The Morgan fingerprint density at radius 1 is 1.08 bits per heavy atom. The standard InChI is InChI=1S/C20H23NO4S/c1-12-10-11-26-17(12)18(23)25-13(2)16(22)14-6-8-15(9-7-14)21-19(24)20(3,4)5/h6-11,13H,1-5H3,(H,21,24). The van der Waals surface area contributed by atoms with Gasteiger partial charge in [-0.05, 0) is 55.1 Å². The van der Waals surface area contributed by atoms with Crippen LogP contribution in [0.4, 0.5) is 5.69 Å². The van der Waals surface area contributed by atoms with Gasteiger partial charge in [0.05, 0.1) is 0 Å². The number of anilines is 1. The molecule has 26 heavy (non-hydrogen) atoms. The minimum Gasteiger partial charge on any atom is -0.450 e. The van der Waals surface area contributed by atoms with Gasteiger partial charge in [0.1, 0.15) is 4.88 Å². The molecule has 138 valence electrons. The van der Waals surface area contributed by atoms with Gasteiger partial charge in [0, 0.05) is 16.7 Å². The molecule has 0 radical (unpaired) electrons. The van der Waals surface area contributed by atoms with Gasteiger partial charge in [0.15, 0.2) is 6.10 Å². The number of Topliss-reactive ketones (excluding diaryl/α,β-unsaturated/α-hetero) is 1. The van der Waals surface area contributed by atoms with Crippen molar-refractivity contribution in [3.05, 3.63) is 51.7 Å². The molecule has 1 aromatic heterocycles. The lowest BCUT2D eigenvalue weighted by Crippen LogP contribution is -2.27. The lowest BCUT2D eigenvalue weighted by Gasteiger charge is -2.18. The number of carbonyl (C=O) groups excluding carboxylic acids is 3. The van der Waals surface area contributed by atoms with Crippen LogP contribution in [0.2, 0.25) is 0 Å². The molecule has 1 aromatic carbocycles. The van der Waals surface area contributed by atoms with Crippen molar-refractivity contribution in [2.75, 3.05) is 5.32 Å². The molecule has 0 aliphatic rings. The highest BCUT2D eigenvalue weighted by molar-refractivity contribution is 7.12. The van der Waals surface area contributed by atoms with Crippen LogP contribution in [0.3, 0.4) is 0 Å². The van der Waals surface area contributed by atoms with Gasteiger partial charge >= 0.3 is 5.97 Å². The maximum absolute atomic E-state index is 12.5. The van der Waals surface area contributed by atoms with Crippen molar-refractivity contribution in [2.24, 2.45) is 5.41 Å². The molecule has 5 nitrogen and oxygen atoms in total. The number of thiophene rings is 1. The summed E-state index contributed by atoms with van der Waals surface area (Å²) in [6, 6.07) is 8.38. The number of esters is 1. The molecule has 1 atom stereocenters. The first-order valence-corrected chi connectivity index (χ1v) is 9.18. The Bertz CT molecular complexity index is 815. The Kier molecular flexibility index (Phi) is 5.97. The van der Waals surface area contributed by atoms with Crippen molar-refractivity contribution in [3.63, 3.8) is 0 Å². The van der Waals surface area contributed by atoms with E-state index >= 15 is 0 Å². The Hall–Kier alpha value is -2.47. The number of carbonyl (C=O) groups is 3. The van der Waals surface area contributed by atoms with Gasteiger partial charge in [0.25, 0.3) is 0 Å². The van der Waals surface area contributed by atoms with Crippen LogP contribution in [0, 0.1) is 12.3 Å². The van der Waals surface area contributed by atoms with Crippen LogP contribution < -0.4 is 5.32 Å². The van der Waals surface area contributed by atoms with Crippen LogP contribution in [0.25, 0.3) is 0 Å². The number of benzene rings is 1. The lowest BCUT2D eigenvalue weighted by atomic mass is 9.95. The first-order valence-electron chi connectivity index (χ1n) is 8.30. The average Bonchev–Trinajstić information content (AvgIpc) is 3.00. The van der Waals surface area contributed by atoms with Crippen molar-refractivity contribution in [1.82, 2.24) is 0 Å². The monoisotopic (exact) mass is 373 g/mol. The van der Waals surface area contributed by atoms with Crippen molar-refractivity contribution in [3.8, 4) is 0 Å². The Labute approximate surface area is 157 Å². The summed E-state index contributed by atoms with van der Waals surface area (Å²) in [6.45, 7) is 8.85. The third-order valence-corrected chi connectivity index (χ3v) is 4.81. The zero-order valence-electron chi connectivity index (χ0n) is 15.6. The quantitative estimate of drug-likeness (QED) is 0.620. The minimum atomic E-state index is -0.890. The van der Waals surface area contributed by atoms with Crippen molar-refractivity contribution < 1.29 is 19.1 Å². The van der Waals surface area contributed by atoms with Crippen molar-refractivity contribution in [2.45, 2.75) is 40.7 Å². The molecule has 1 heterocycles. The molecule has 0 saturated heterocycles. The molecule has 0 saturated carbocycles. The van der Waals surface area contributed by atoms with Crippen LogP contribution in [-0.2, 0) is 9.53 Å². The number of hydrogen-bond donors (Lipinski definition) is 1. The molecule has 1 N–H and O–H groups in total. The van der Waals surface area contributed by atoms with E-state index < -0.39 is 17.5 Å². The van der Waals surface area contributed by atoms with Crippen molar-refractivity contribution in [1.29, 1.82) is 0 Å². The summed E-state index contributed by atoms with van der Waals surface area (Å²) in [7, 11) is 0. The van der Waals surface area contributed by atoms with E-state index in [2.05, 4.69) is 5.32 Å². The Balaban J connectivity index is 2.02. The van der Waals surface area contributed by atoms with Gasteiger partial charge < -0.3 is 10.1 Å². The van der Waals surface area contributed by atoms with Crippen LogP contribution in [0.5, 0.6) is 0 Å². The molecule has 0 aliphatic heterocycles. The molecular weight excluding hydrogens is 350 g/mol. The second kappa shape index (κ2) is 7.83. The van der Waals surface area contributed by atoms with E-state index in [0.29, 0.717) is 16.1 Å². The van der Waals surface area contributed by atoms with E-state index in [0.717, 1.165) is 5.56 Å². The fourth-order valence-electron chi connectivity index (χ4n) is 2.12. The second-order valence-corrected chi connectivity index (χ2v) is 8.04. The first-order chi connectivity index (χ1) is 12.1. The lowest BCUT2D eigenvalue weighted by molar-refractivity contribution is -0.123. The van der Waals surface area contributed by atoms with E-state index in [1.807, 2.05) is 39.1 Å². The van der Waals surface area contributed by atoms with Gasteiger partial charge in [-0.1, -0.05) is 20.8 Å². The molecule has 1 unspecified atom stereocenters. The summed E-state index contributed by atoms with van der Waals surface area (Å²) in [5, 5.41) is 4.61. The molecule has 0 aliphatic carbocycles. The molecule has 0 fully saturated rings. The summed E-state index contributed by atoms with van der Waals surface area (Å²) in [6.07, 6.45) is -0.890. The molecule has 2 aromatic rings. The van der Waals surface area contributed by atoms with Crippen LogP contribution >= 0.6 is 11.3 Å². The maximum atomic E-state index is 12.5. The molecule has 1 amide bonds. The zero-order valence-corrected chi connectivity index (χ0v) is 16.4. The van der Waals surface area contributed by atoms with E-state index in [-0.39, 0.29) is 11.7 Å². The van der Waals surface area contributed by atoms with Crippen molar-refractivity contribution >= 4 is 34.7 Å². The van der Waals surface area contributed by atoms with E-state index in [9.17, 15) is 14.4 Å². The third-order valence-electron chi connectivity index (χ3n) is 3.81. The highest BCUT2D eigenvalue weighted by Gasteiger charge is 2.23. The number of nitrogens with one attached hydrogen (secondary N) is 1. The number of amides is 1. The van der Waals surface area contributed by atoms with Gasteiger partial charge in [-0.15, -0.1) is 11.3 Å². The largest absolute Gasteiger partial charge is 0.450 e. The fraction of sp³-hybridized carbons (Fsp3) is 0.350. The topological polar surface area (TPSA) is 72.5 Å². The van der Waals surface area contributed by atoms with Gasteiger partial charge in [0.2, 0.25) is 11.7 Å². The summed E-state index contributed by atoms with van der Waals surface area (Å²) >= 11 is 1.29. The summed E-state index contributed by atoms with van der Waals surface area (Å²) < 4.78 is 5.28. The maximum Gasteiger partial charge on any atom is 0.349 e. The summed E-state index contributed by atoms with van der Waals surface area (Å²) in [5.41, 5.74) is 1.36. The molecule has 2 rings (SSSR count). The molecule has 0 bridgehead atoms. The SMILES string of the molecule is Cc1ccsc1C(=O)OC(C)C(=O)c1ccc(NC(=O)C(C)(C)C)cc1. The molecular formula is C20H23NO4S. The normalized spacial score (nSPS) is 12.3. The number of hydrogen-bond acceptors (Lipinski definition) is 5. The van der Waals surface area contributed by atoms with E-state index in [1.165, 1.54) is 11.3 Å². The van der Waals surface area contributed by atoms with Crippen LogP contribution in [-0.4, -0.2) is 23.8 Å².